The van der Waals surface area contributed by atoms with E-state index in [1.165, 1.54) is 11.8 Å². The van der Waals surface area contributed by atoms with Crippen molar-refractivity contribution < 1.29 is 4.79 Å². The van der Waals surface area contributed by atoms with Gasteiger partial charge < -0.3 is 0 Å². The standard InChI is InChI=1S/C19H13N3OS2/c23-18-17(25-19(24)22(18)16-9-5-2-6-10-16)11-14-12-20-21(13-14)15-7-3-1-4-8-15/h1-13H/b17-11-. The summed E-state index contributed by atoms with van der Waals surface area (Å²) in [6.07, 6.45) is 5.46. The van der Waals surface area contributed by atoms with Crippen molar-refractivity contribution in [2.75, 3.05) is 4.90 Å². The molecule has 122 valence electrons. The van der Waals surface area contributed by atoms with Crippen LogP contribution in [0.2, 0.25) is 0 Å². The number of aromatic nitrogens is 2. The maximum absolute atomic E-state index is 12.7. The van der Waals surface area contributed by atoms with E-state index in [2.05, 4.69) is 5.10 Å². The number of anilines is 1. The summed E-state index contributed by atoms with van der Waals surface area (Å²) < 4.78 is 2.32. The van der Waals surface area contributed by atoms with Gasteiger partial charge in [0, 0.05) is 11.8 Å². The molecule has 1 saturated heterocycles. The Kier molecular flexibility index (Phi) is 4.21. The summed E-state index contributed by atoms with van der Waals surface area (Å²) in [5, 5.41) is 4.35. The predicted octanol–water partition coefficient (Wildman–Crippen LogP) is 4.28. The van der Waals surface area contributed by atoms with Gasteiger partial charge in [0.1, 0.15) is 0 Å². The lowest BCUT2D eigenvalue weighted by Crippen LogP contribution is -2.27. The summed E-state index contributed by atoms with van der Waals surface area (Å²) in [6.45, 7) is 0. The first-order chi connectivity index (χ1) is 12.2. The Balaban J connectivity index is 1.62. The van der Waals surface area contributed by atoms with Crippen LogP contribution in [0.5, 0.6) is 0 Å². The number of nitrogens with zero attached hydrogens (tertiary/aromatic N) is 3. The summed E-state index contributed by atoms with van der Waals surface area (Å²) in [5.41, 5.74) is 2.62. The Morgan fingerprint density at radius 1 is 0.960 bits per heavy atom. The Morgan fingerprint density at radius 2 is 1.60 bits per heavy atom. The zero-order valence-electron chi connectivity index (χ0n) is 13.1. The Labute approximate surface area is 154 Å². The van der Waals surface area contributed by atoms with Crippen LogP contribution in [0.15, 0.2) is 78.0 Å². The largest absolute Gasteiger partial charge is 0.270 e. The van der Waals surface area contributed by atoms with Crippen LogP contribution in [0.3, 0.4) is 0 Å². The van der Waals surface area contributed by atoms with Crippen molar-refractivity contribution in [2.45, 2.75) is 0 Å². The molecule has 1 amide bonds. The van der Waals surface area contributed by atoms with Gasteiger partial charge in [0.15, 0.2) is 4.32 Å². The van der Waals surface area contributed by atoms with Gasteiger partial charge in [0.25, 0.3) is 5.91 Å². The van der Waals surface area contributed by atoms with E-state index in [1.54, 1.807) is 15.8 Å². The fourth-order valence-corrected chi connectivity index (χ4v) is 3.85. The number of hydrogen-bond donors (Lipinski definition) is 0. The van der Waals surface area contributed by atoms with Gasteiger partial charge in [-0.2, -0.15) is 5.10 Å². The van der Waals surface area contributed by atoms with Crippen LogP contribution in [-0.2, 0) is 4.79 Å². The molecule has 0 unspecified atom stereocenters. The maximum atomic E-state index is 12.7. The molecule has 6 heteroatoms. The third kappa shape index (κ3) is 3.14. The molecule has 0 atom stereocenters. The van der Waals surface area contributed by atoms with Crippen LogP contribution in [-0.4, -0.2) is 20.0 Å². The summed E-state index contributed by atoms with van der Waals surface area (Å²) in [4.78, 5) is 14.9. The molecule has 1 aromatic heterocycles. The van der Waals surface area contributed by atoms with E-state index in [1.807, 2.05) is 72.9 Å². The third-order valence-corrected chi connectivity index (χ3v) is 5.03. The van der Waals surface area contributed by atoms with Gasteiger partial charge in [-0.25, -0.2) is 4.68 Å². The van der Waals surface area contributed by atoms with Crippen LogP contribution in [0.1, 0.15) is 5.56 Å². The van der Waals surface area contributed by atoms with Crippen LogP contribution in [0.4, 0.5) is 5.69 Å². The molecule has 4 nitrogen and oxygen atoms in total. The van der Waals surface area contributed by atoms with Gasteiger partial charge in [0.05, 0.1) is 22.5 Å². The molecular formula is C19H13N3OS2. The number of amides is 1. The molecule has 1 aliphatic rings. The number of para-hydroxylation sites is 2. The highest BCUT2D eigenvalue weighted by Gasteiger charge is 2.33. The van der Waals surface area contributed by atoms with Crippen molar-refractivity contribution in [3.05, 3.63) is 83.5 Å². The van der Waals surface area contributed by atoms with Gasteiger partial charge in [-0.1, -0.05) is 60.4 Å². The van der Waals surface area contributed by atoms with Gasteiger partial charge in [-0.05, 0) is 30.3 Å². The van der Waals surface area contributed by atoms with Gasteiger partial charge in [-0.3, -0.25) is 9.69 Å². The van der Waals surface area contributed by atoms with Crippen molar-refractivity contribution >= 4 is 46.0 Å². The van der Waals surface area contributed by atoms with Crippen molar-refractivity contribution in [1.82, 2.24) is 9.78 Å². The quantitative estimate of drug-likeness (QED) is 0.514. The molecule has 3 aromatic rings. The lowest BCUT2D eigenvalue weighted by Gasteiger charge is -2.13. The van der Waals surface area contributed by atoms with E-state index in [9.17, 15) is 4.79 Å². The van der Waals surface area contributed by atoms with Gasteiger partial charge >= 0.3 is 0 Å². The smallest absolute Gasteiger partial charge is 0.268 e. The number of thiocarbonyl (C=S) groups is 1. The minimum Gasteiger partial charge on any atom is -0.268 e. The van der Waals surface area contributed by atoms with Crippen molar-refractivity contribution in [3.8, 4) is 5.69 Å². The minimum atomic E-state index is -0.103. The second kappa shape index (κ2) is 6.66. The zero-order chi connectivity index (χ0) is 17.2. The van der Waals surface area contributed by atoms with Crippen molar-refractivity contribution in [3.63, 3.8) is 0 Å². The molecule has 0 radical (unpaired) electrons. The van der Waals surface area contributed by atoms with E-state index in [0.717, 1.165) is 16.9 Å². The van der Waals surface area contributed by atoms with Crippen LogP contribution >= 0.6 is 24.0 Å². The van der Waals surface area contributed by atoms with Crippen LogP contribution in [0, 0.1) is 0 Å². The number of carbonyl (C=O) groups is 1. The van der Waals surface area contributed by atoms with Crippen molar-refractivity contribution in [1.29, 1.82) is 0 Å². The molecular weight excluding hydrogens is 350 g/mol. The fraction of sp³-hybridized carbons (Fsp3) is 0. The molecule has 0 spiro atoms. The highest BCUT2D eigenvalue weighted by atomic mass is 32.2. The minimum absolute atomic E-state index is 0.103. The molecule has 2 heterocycles. The lowest BCUT2D eigenvalue weighted by atomic mass is 10.2. The second-order valence-corrected chi connectivity index (χ2v) is 7.08. The number of thioether (sulfide) groups is 1. The molecule has 0 N–H and O–H groups in total. The van der Waals surface area contributed by atoms with E-state index < -0.39 is 0 Å². The Hall–Kier alpha value is -2.70. The fourth-order valence-electron chi connectivity index (χ4n) is 2.55. The molecule has 0 aliphatic carbocycles. The molecule has 1 fully saturated rings. The SMILES string of the molecule is O=C1/C(=C/c2cnn(-c3ccccc3)c2)SC(=S)N1c1ccccc1. The highest BCUT2D eigenvalue weighted by Crippen LogP contribution is 2.35. The molecule has 0 bridgehead atoms. The second-order valence-electron chi connectivity index (χ2n) is 5.41. The summed E-state index contributed by atoms with van der Waals surface area (Å²) in [6, 6.07) is 19.3. The number of carbonyl (C=O) groups excluding carboxylic acids is 1. The summed E-state index contributed by atoms with van der Waals surface area (Å²) in [7, 11) is 0. The first kappa shape index (κ1) is 15.8. The molecule has 25 heavy (non-hydrogen) atoms. The number of hydrogen-bond acceptors (Lipinski definition) is 4. The van der Waals surface area contributed by atoms with Gasteiger partial charge in [-0.15, -0.1) is 0 Å². The average Bonchev–Trinajstić information content (AvgIpc) is 3.22. The number of benzene rings is 2. The molecule has 0 saturated carbocycles. The van der Waals surface area contributed by atoms with E-state index >= 15 is 0 Å². The van der Waals surface area contributed by atoms with Crippen molar-refractivity contribution in [2.24, 2.45) is 0 Å². The topological polar surface area (TPSA) is 38.1 Å². The molecule has 4 rings (SSSR count). The highest BCUT2D eigenvalue weighted by molar-refractivity contribution is 8.27. The molecule has 2 aromatic carbocycles. The monoisotopic (exact) mass is 363 g/mol. The maximum Gasteiger partial charge on any atom is 0.270 e. The lowest BCUT2D eigenvalue weighted by molar-refractivity contribution is -0.113. The van der Waals surface area contributed by atoms with E-state index in [-0.39, 0.29) is 5.91 Å². The van der Waals surface area contributed by atoms with Crippen LogP contribution < -0.4 is 4.90 Å². The number of rotatable bonds is 3. The molecule has 1 aliphatic heterocycles. The first-order valence-corrected chi connectivity index (χ1v) is 8.88. The summed E-state index contributed by atoms with van der Waals surface area (Å²) >= 11 is 6.69. The summed E-state index contributed by atoms with van der Waals surface area (Å²) in [5.74, 6) is -0.103. The van der Waals surface area contributed by atoms with Crippen LogP contribution in [0.25, 0.3) is 11.8 Å². The normalized spacial score (nSPS) is 16.0. The van der Waals surface area contributed by atoms with Gasteiger partial charge in [0.2, 0.25) is 0 Å². The zero-order valence-corrected chi connectivity index (χ0v) is 14.7. The average molecular weight is 363 g/mol. The van der Waals surface area contributed by atoms with E-state index in [4.69, 9.17) is 12.2 Å². The van der Waals surface area contributed by atoms with E-state index in [0.29, 0.717) is 9.23 Å². The predicted molar refractivity (Wildman–Crippen MR) is 106 cm³/mol. The Morgan fingerprint density at radius 3 is 2.28 bits per heavy atom. The third-order valence-electron chi connectivity index (χ3n) is 3.73. The first-order valence-electron chi connectivity index (χ1n) is 7.65. The Bertz CT molecular complexity index is 965.